The van der Waals surface area contributed by atoms with E-state index in [-0.39, 0.29) is 5.41 Å². The molecule has 0 spiro atoms. The van der Waals surface area contributed by atoms with Gasteiger partial charge in [0.15, 0.2) is 7.28 Å². The van der Waals surface area contributed by atoms with Crippen LogP contribution < -0.4 is 5.46 Å². The Labute approximate surface area is 110 Å². The third-order valence-corrected chi connectivity index (χ3v) is 4.35. The predicted octanol–water partition coefficient (Wildman–Crippen LogP) is 3.38. The first-order chi connectivity index (χ1) is 8.31. The molecule has 0 aliphatic rings. The van der Waals surface area contributed by atoms with Gasteiger partial charge in [-0.15, -0.1) is 0 Å². The molecule has 2 aromatic heterocycles. The number of hydrogen-bond acceptors (Lipinski definition) is 1. The summed E-state index contributed by atoms with van der Waals surface area (Å²) in [6.07, 6.45) is 4.94. The fourth-order valence-corrected chi connectivity index (χ4v) is 1.82. The number of aromatic nitrogens is 2. The van der Waals surface area contributed by atoms with Crippen molar-refractivity contribution in [3.8, 4) is 0 Å². The second-order valence-corrected chi connectivity index (χ2v) is 6.69. The quantitative estimate of drug-likeness (QED) is 0.820. The van der Waals surface area contributed by atoms with Crippen molar-refractivity contribution in [3.05, 3.63) is 24.5 Å². The van der Waals surface area contributed by atoms with Crippen molar-refractivity contribution in [2.45, 2.75) is 40.9 Å². The second kappa shape index (κ2) is 4.45. The van der Waals surface area contributed by atoms with E-state index in [1.54, 1.807) is 0 Å². The molecule has 0 aliphatic heterocycles. The molecule has 0 aromatic carbocycles. The summed E-state index contributed by atoms with van der Waals surface area (Å²) in [4.78, 5) is 7.54. The number of pyridine rings is 1. The lowest BCUT2D eigenvalue weighted by Gasteiger charge is -2.39. The molecule has 0 fully saturated rings. The zero-order valence-electron chi connectivity index (χ0n) is 12.0. The monoisotopic (exact) mass is 241 g/mol. The Balaban J connectivity index is 2.16. The van der Waals surface area contributed by atoms with Gasteiger partial charge < -0.3 is 4.98 Å². The molecule has 0 amide bonds. The van der Waals surface area contributed by atoms with Crippen LogP contribution in [-0.2, 0) is 0 Å². The average Bonchev–Trinajstić information content (AvgIpc) is 2.68. The summed E-state index contributed by atoms with van der Waals surface area (Å²) in [6, 6.07) is 4.11. The third-order valence-electron chi connectivity index (χ3n) is 4.35. The van der Waals surface area contributed by atoms with Crippen LogP contribution in [0.15, 0.2) is 24.5 Å². The standard InChI is InChI=1S/C15H22BN2/c1-14(2,3)15(4,5)10-16-12-9-18-13-11(12)7-6-8-17-13/h6-9H,10H2,1-5H3,(H,17,18). The minimum Gasteiger partial charge on any atom is -0.347 e. The largest absolute Gasteiger partial charge is 0.347 e. The lowest BCUT2D eigenvalue weighted by atomic mass is 9.53. The molecular formula is C15H22BN2. The first kappa shape index (κ1) is 13.2. The summed E-state index contributed by atoms with van der Waals surface area (Å²) < 4.78 is 0. The van der Waals surface area contributed by atoms with E-state index in [4.69, 9.17) is 0 Å². The van der Waals surface area contributed by atoms with Gasteiger partial charge >= 0.3 is 0 Å². The highest BCUT2D eigenvalue weighted by atomic mass is 14.8. The molecule has 2 heterocycles. The van der Waals surface area contributed by atoms with Crippen LogP contribution in [0.4, 0.5) is 0 Å². The van der Waals surface area contributed by atoms with E-state index in [0.29, 0.717) is 5.41 Å². The van der Waals surface area contributed by atoms with Crippen molar-refractivity contribution in [1.29, 1.82) is 0 Å². The number of fused-ring (bicyclic) bond motifs is 1. The summed E-state index contributed by atoms with van der Waals surface area (Å²) in [5.74, 6) is 0. The summed E-state index contributed by atoms with van der Waals surface area (Å²) >= 11 is 0. The van der Waals surface area contributed by atoms with Crippen LogP contribution in [0.25, 0.3) is 11.0 Å². The summed E-state index contributed by atoms with van der Waals surface area (Å²) in [5.41, 5.74) is 2.81. The molecule has 0 atom stereocenters. The first-order valence-corrected chi connectivity index (χ1v) is 6.56. The molecule has 0 bridgehead atoms. The fourth-order valence-electron chi connectivity index (χ4n) is 1.82. The molecule has 3 heteroatoms. The first-order valence-electron chi connectivity index (χ1n) is 6.56. The van der Waals surface area contributed by atoms with Gasteiger partial charge in [0.05, 0.1) is 0 Å². The Kier molecular flexibility index (Phi) is 3.26. The number of rotatable bonds is 3. The highest BCUT2D eigenvalue weighted by Gasteiger charge is 2.32. The highest BCUT2D eigenvalue weighted by molar-refractivity contribution is 6.57. The maximum absolute atomic E-state index is 4.32. The molecular weight excluding hydrogens is 219 g/mol. The maximum atomic E-state index is 4.32. The van der Waals surface area contributed by atoms with Gasteiger partial charge in [0, 0.05) is 11.6 Å². The summed E-state index contributed by atoms with van der Waals surface area (Å²) in [5, 5.41) is 1.21. The molecule has 2 nitrogen and oxygen atoms in total. The van der Waals surface area contributed by atoms with Gasteiger partial charge in [-0.25, -0.2) is 4.98 Å². The number of hydrogen-bond donors (Lipinski definition) is 1. The molecule has 18 heavy (non-hydrogen) atoms. The molecule has 0 unspecified atom stereocenters. The van der Waals surface area contributed by atoms with Gasteiger partial charge in [-0.2, -0.15) is 0 Å². The molecule has 0 aliphatic carbocycles. The number of nitrogens with zero attached hydrogens (tertiary/aromatic N) is 1. The van der Waals surface area contributed by atoms with E-state index in [9.17, 15) is 0 Å². The van der Waals surface area contributed by atoms with Crippen LogP contribution in [0.1, 0.15) is 34.6 Å². The second-order valence-electron chi connectivity index (χ2n) is 6.69. The van der Waals surface area contributed by atoms with Gasteiger partial charge in [-0.3, -0.25) is 0 Å². The summed E-state index contributed by atoms with van der Waals surface area (Å²) in [7, 11) is 2.33. The SMILES string of the molecule is CC(C)(C)C(C)(C)C[B]c1c[nH]c2ncccc12. The predicted molar refractivity (Wildman–Crippen MR) is 79.5 cm³/mol. The van der Waals surface area contributed by atoms with Crippen LogP contribution in [0, 0.1) is 10.8 Å². The van der Waals surface area contributed by atoms with E-state index in [2.05, 4.69) is 64.1 Å². The smallest absolute Gasteiger partial charge is 0.155 e. The van der Waals surface area contributed by atoms with Gasteiger partial charge in [0.2, 0.25) is 0 Å². The normalized spacial score (nSPS) is 12.9. The molecule has 95 valence electrons. The highest BCUT2D eigenvalue weighted by Crippen LogP contribution is 2.40. The van der Waals surface area contributed by atoms with Gasteiger partial charge in [0.1, 0.15) is 5.65 Å². The fraction of sp³-hybridized carbons (Fsp3) is 0.533. The van der Waals surface area contributed by atoms with E-state index in [0.717, 1.165) is 12.0 Å². The van der Waals surface area contributed by atoms with Crippen molar-refractivity contribution in [2.75, 3.05) is 0 Å². The van der Waals surface area contributed by atoms with Crippen LogP contribution in [0.2, 0.25) is 6.32 Å². The number of nitrogens with one attached hydrogen (secondary N) is 1. The van der Waals surface area contributed by atoms with Gasteiger partial charge in [0.25, 0.3) is 0 Å². The Morgan fingerprint density at radius 2 is 1.94 bits per heavy atom. The van der Waals surface area contributed by atoms with Crippen molar-refractivity contribution >= 4 is 23.8 Å². The van der Waals surface area contributed by atoms with Crippen molar-refractivity contribution in [2.24, 2.45) is 10.8 Å². The van der Waals surface area contributed by atoms with Gasteiger partial charge in [-0.1, -0.05) is 52.5 Å². The van der Waals surface area contributed by atoms with Crippen LogP contribution in [-0.4, -0.2) is 17.2 Å². The van der Waals surface area contributed by atoms with Gasteiger partial charge in [-0.05, 0) is 23.1 Å². The van der Waals surface area contributed by atoms with Crippen LogP contribution in [0.3, 0.4) is 0 Å². The Bertz CT molecular complexity index is 535. The third kappa shape index (κ3) is 2.45. The van der Waals surface area contributed by atoms with Crippen LogP contribution >= 0.6 is 0 Å². The minimum atomic E-state index is 0.277. The van der Waals surface area contributed by atoms with Crippen molar-refractivity contribution in [1.82, 2.24) is 9.97 Å². The molecule has 0 saturated heterocycles. The molecule has 1 radical (unpaired) electrons. The molecule has 2 rings (SSSR count). The average molecular weight is 241 g/mol. The topological polar surface area (TPSA) is 28.7 Å². The number of H-pyrrole nitrogens is 1. The van der Waals surface area contributed by atoms with E-state index >= 15 is 0 Å². The molecule has 1 N–H and O–H groups in total. The lowest BCUT2D eigenvalue weighted by molar-refractivity contribution is 0.157. The molecule has 2 aromatic rings. The van der Waals surface area contributed by atoms with E-state index in [1.807, 2.05) is 12.3 Å². The van der Waals surface area contributed by atoms with Crippen LogP contribution in [0.5, 0.6) is 0 Å². The Hall–Kier alpha value is -1.25. The maximum Gasteiger partial charge on any atom is 0.155 e. The zero-order valence-corrected chi connectivity index (χ0v) is 12.0. The molecule has 0 saturated carbocycles. The van der Waals surface area contributed by atoms with E-state index in [1.165, 1.54) is 10.8 Å². The van der Waals surface area contributed by atoms with Crippen molar-refractivity contribution in [3.63, 3.8) is 0 Å². The van der Waals surface area contributed by atoms with Crippen molar-refractivity contribution < 1.29 is 0 Å². The summed E-state index contributed by atoms with van der Waals surface area (Å²) in [6.45, 7) is 11.6. The lowest BCUT2D eigenvalue weighted by Crippen LogP contribution is -2.32. The Morgan fingerprint density at radius 3 is 2.61 bits per heavy atom. The zero-order chi connectivity index (χ0) is 13.4. The Morgan fingerprint density at radius 1 is 1.22 bits per heavy atom. The minimum absolute atomic E-state index is 0.277. The van der Waals surface area contributed by atoms with E-state index < -0.39 is 0 Å². The number of aromatic amines is 1.